The second kappa shape index (κ2) is 7.17. The number of anilines is 2. The van der Waals surface area contributed by atoms with Gasteiger partial charge in [0.2, 0.25) is 5.95 Å². The summed E-state index contributed by atoms with van der Waals surface area (Å²) in [7, 11) is 1.59. The molecule has 2 N–H and O–H groups in total. The van der Waals surface area contributed by atoms with Crippen molar-refractivity contribution < 1.29 is 4.74 Å². The monoisotopic (exact) mass is 336 g/mol. The molecule has 0 bridgehead atoms. The summed E-state index contributed by atoms with van der Waals surface area (Å²) < 4.78 is 5.11. The van der Waals surface area contributed by atoms with Gasteiger partial charge < -0.3 is 10.1 Å². The van der Waals surface area contributed by atoms with Crippen LogP contribution in [0, 0.1) is 0 Å². The molecule has 0 aliphatic carbocycles. The van der Waals surface area contributed by atoms with E-state index in [0.29, 0.717) is 17.4 Å². The third-order valence-corrected chi connectivity index (χ3v) is 3.90. The molecule has 25 heavy (non-hydrogen) atoms. The Balaban J connectivity index is 1.80. The molecule has 6 heteroatoms. The van der Waals surface area contributed by atoms with Gasteiger partial charge in [0.25, 0.3) is 5.56 Å². The van der Waals surface area contributed by atoms with Crippen molar-refractivity contribution >= 4 is 11.6 Å². The number of aromatic amines is 1. The Bertz CT molecular complexity index is 900. The highest BCUT2D eigenvalue weighted by Crippen LogP contribution is 2.20. The zero-order chi connectivity index (χ0) is 17.8. The molecule has 0 unspecified atom stereocenters. The molecule has 1 aromatic heterocycles. The average molecular weight is 336 g/mol. The average Bonchev–Trinajstić information content (AvgIpc) is 2.62. The minimum atomic E-state index is -0.304. The quantitative estimate of drug-likeness (QED) is 0.742. The van der Waals surface area contributed by atoms with Gasteiger partial charge in [-0.1, -0.05) is 26.0 Å². The second-order valence-corrected chi connectivity index (χ2v) is 5.98. The van der Waals surface area contributed by atoms with Crippen LogP contribution in [0.25, 0.3) is 11.3 Å². The highest BCUT2D eigenvalue weighted by Gasteiger charge is 2.08. The SMILES string of the molecule is COc1ccc(-c2nnc(Nc3ccc(C(C)C)cc3)[nH]c2=O)cc1. The maximum atomic E-state index is 12.3. The molecule has 0 aliphatic rings. The molecule has 3 aromatic rings. The maximum absolute atomic E-state index is 12.3. The molecular weight excluding hydrogens is 316 g/mol. The van der Waals surface area contributed by atoms with Crippen molar-refractivity contribution in [2.45, 2.75) is 19.8 Å². The number of benzene rings is 2. The first-order valence-corrected chi connectivity index (χ1v) is 8.05. The normalized spacial score (nSPS) is 10.7. The van der Waals surface area contributed by atoms with Crippen LogP contribution in [0.2, 0.25) is 0 Å². The summed E-state index contributed by atoms with van der Waals surface area (Å²) >= 11 is 0. The molecule has 0 radical (unpaired) electrons. The zero-order valence-electron chi connectivity index (χ0n) is 14.4. The summed E-state index contributed by atoms with van der Waals surface area (Å²) in [5, 5.41) is 11.2. The van der Waals surface area contributed by atoms with Crippen molar-refractivity contribution in [3.63, 3.8) is 0 Å². The number of methoxy groups -OCH3 is 1. The highest BCUT2D eigenvalue weighted by atomic mass is 16.5. The fraction of sp³-hybridized carbons (Fsp3) is 0.211. The third kappa shape index (κ3) is 3.85. The van der Waals surface area contributed by atoms with Crippen molar-refractivity contribution in [1.82, 2.24) is 15.2 Å². The van der Waals surface area contributed by atoms with Crippen LogP contribution >= 0.6 is 0 Å². The van der Waals surface area contributed by atoms with Gasteiger partial charge in [-0.25, -0.2) is 0 Å². The predicted molar refractivity (Wildman–Crippen MR) is 98.5 cm³/mol. The maximum Gasteiger partial charge on any atom is 0.279 e. The van der Waals surface area contributed by atoms with Crippen LogP contribution in [0.15, 0.2) is 53.3 Å². The van der Waals surface area contributed by atoms with Crippen LogP contribution in [0.5, 0.6) is 5.75 Å². The number of hydrogen-bond acceptors (Lipinski definition) is 5. The molecule has 0 spiro atoms. The van der Waals surface area contributed by atoms with E-state index in [-0.39, 0.29) is 11.3 Å². The summed E-state index contributed by atoms with van der Waals surface area (Å²) in [5.41, 5.74) is 2.73. The zero-order valence-corrected chi connectivity index (χ0v) is 14.4. The van der Waals surface area contributed by atoms with Crippen molar-refractivity contribution in [3.8, 4) is 17.0 Å². The van der Waals surface area contributed by atoms with E-state index >= 15 is 0 Å². The predicted octanol–water partition coefficient (Wildman–Crippen LogP) is 3.71. The van der Waals surface area contributed by atoms with E-state index in [0.717, 1.165) is 11.4 Å². The minimum Gasteiger partial charge on any atom is -0.497 e. The molecule has 3 rings (SSSR count). The Hall–Kier alpha value is -3.15. The van der Waals surface area contributed by atoms with Gasteiger partial charge in [0.1, 0.15) is 5.75 Å². The van der Waals surface area contributed by atoms with Crippen LogP contribution < -0.4 is 15.6 Å². The van der Waals surface area contributed by atoms with Gasteiger partial charge in [0.15, 0.2) is 5.69 Å². The van der Waals surface area contributed by atoms with E-state index in [1.54, 1.807) is 31.4 Å². The van der Waals surface area contributed by atoms with Crippen LogP contribution in [-0.2, 0) is 0 Å². The summed E-state index contributed by atoms with van der Waals surface area (Å²) in [6.45, 7) is 4.28. The van der Waals surface area contributed by atoms with E-state index in [4.69, 9.17) is 4.74 Å². The van der Waals surface area contributed by atoms with Crippen LogP contribution in [0.1, 0.15) is 25.3 Å². The van der Waals surface area contributed by atoms with Crippen molar-refractivity contribution in [2.75, 3.05) is 12.4 Å². The standard InChI is InChI=1S/C19H20N4O2/c1-12(2)13-4-8-15(9-5-13)20-19-21-18(24)17(22-23-19)14-6-10-16(25-3)11-7-14/h4-12H,1-3H3,(H2,20,21,23,24). The van der Waals surface area contributed by atoms with Crippen LogP contribution in [0.4, 0.5) is 11.6 Å². The lowest BCUT2D eigenvalue weighted by Crippen LogP contribution is -2.15. The van der Waals surface area contributed by atoms with Gasteiger partial charge in [-0.05, 0) is 47.9 Å². The van der Waals surface area contributed by atoms with Crippen LogP contribution in [0.3, 0.4) is 0 Å². The number of nitrogens with zero attached hydrogens (tertiary/aromatic N) is 2. The number of rotatable bonds is 5. The Labute approximate surface area is 145 Å². The lowest BCUT2D eigenvalue weighted by molar-refractivity contribution is 0.415. The Morgan fingerprint density at radius 3 is 2.24 bits per heavy atom. The number of nitrogens with one attached hydrogen (secondary N) is 2. The first-order chi connectivity index (χ1) is 12.1. The molecule has 0 amide bonds. The summed E-state index contributed by atoms with van der Waals surface area (Å²) in [4.78, 5) is 15.0. The molecule has 0 saturated carbocycles. The number of hydrogen-bond donors (Lipinski definition) is 2. The Morgan fingerprint density at radius 1 is 1.00 bits per heavy atom. The van der Waals surface area contributed by atoms with Gasteiger partial charge in [-0.3, -0.25) is 9.78 Å². The van der Waals surface area contributed by atoms with Gasteiger partial charge in [-0.15, -0.1) is 10.2 Å². The summed E-state index contributed by atoms with van der Waals surface area (Å²) in [5.74, 6) is 1.49. The summed E-state index contributed by atoms with van der Waals surface area (Å²) in [6.07, 6.45) is 0. The topological polar surface area (TPSA) is 79.9 Å². The molecule has 2 aromatic carbocycles. The Kier molecular flexibility index (Phi) is 4.79. The molecule has 1 heterocycles. The number of ether oxygens (including phenoxy) is 1. The molecular formula is C19H20N4O2. The summed E-state index contributed by atoms with van der Waals surface area (Å²) in [6, 6.07) is 15.1. The van der Waals surface area contributed by atoms with E-state index in [9.17, 15) is 4.79 Å². The van der Waals surface area contributed by atoms with E-state index in [1.165, 1.54) is 5.56 Å². The number of H-pyrrole nitrogens is 1. The van der Waals surface area contributed by atoms with Crippen molar-refractivity contribution in [2.24, 2.45) is 0 Å². The Morgan fingerprint density at radius 2 is 1.68 bits per heavy atom. The van der Waals surface area contributed by atoms with Crippen LogP contribution in [-0.4, -0.2) is 22.3 Å². The molecule has 6 nitrogen and oxygen atoms in total. The molecule has 0 fully saturated rings. The third-order valence-electron chi connectivity index (χ3n) is 3.90. The van der Waals surface area contributed by atoms with Gasteiger partial charge in [0, 0.05) is 11.3 Å². The molecule has 0 saturated heterocycles. The van der Waals surface area contributed by atoms with E-state index < -0.39 is 0 Å². The van der Waals surface area contributed by atoms with Crippen molar-refractivity contribution in [1.29, 1.82) is 0 Å². The largest absolute Gasteiger partial charge is 0.497 e. The minimum absolute atomic E-state index is 0.267. The molecule has 0 aliphatic heterocycles. The first-order valence-electron chi connectivity index (χ1n) is 8.05. The smallest absolute Gasteiger partial charge is 0.279 e. The molecule has 128 valence electrons. The fourth-order valence-corrected chi connectivity index (χ4v) is 2.42. The first kappa shape index (κ1) is 16.7. The lowest BCUT2D eigenvalue weighted by Gasteiger charge is -2.08. The lowest BCUT2D eigenvalue weighted by atomic mass is 10.0. The van der Waals surface area contributed by atoms with Gasteiger partial charge >= 0.3 is 0 Å². The van der Waals surface area contributed by atoms with Crippen molar-refractivity contribution in [3.05, 3.63) is 64.4 Å². The second-order valence-electron chi connectivity index (χ2n) is 5.98. The fourth-order valence-electron chi connectivity index (χ4n) is 2.42. The van der Waals surface area contributed by atoms with Gasteiger partial charge in [-0.2, -0.15) is 0 Å². The number of aromatic nitrogens is 3. The van der Waals surface area contributed by atoms with E-state index in [1.807, 2.05) is 24.3 Å². The highest BCUT2D eigenvalue weighted by molar-refractivity contribution is 5.60. The van der Waals surface area contributed by atoms with E-state index in [2.05, 4.69) is 34.3 Å². The molecule has 0 atom stereocenters. The van der Waals surface area contributed by atoms with Gasteiger partial charge in [0.05, 0.1) is 7.11 Å².